The molecule has 5 nitrogen and oxygen atoms in total. The second-order valence-electron chi connectivity index (χ2n) is 4.73. The van der Waals surface area contributed by atoms with Gasteiger partial charge < -0.3 is 16.2 Å². The molecule has 1 atom stereocenters. The van der Waals surface area contributed by atoms with Crippen LogP contribution in [0.15, 0.2) is 22.7 Å². The Morgan fingerprint density at radius 2 is 2.05 bits per heavy atom. The van der Waals surface area contributed by atoms with Crippen LogP contribution < -0.4 is 11.1 Å². The van der Waals surface area contributed by atoms with Crippen molar-refractivity contribution in [2.24, 2.45) is 5.92 Å². The topological polar surface area (TPSA) is 92.4 Å². The van der Waals surface area contributed by atoms with Crippen molar-refractivity contribution < 1.29 is 14.7 Å². The Labute approximate surface area is 120 Å². The summed E-state index contributed by atoms with van der Waals surface area (Å²) in [5.74, 6) is -1.35. The third-order valence-corrected chi connectivity index (χ3v) is 3.06. The zero-order chi connectivity index (χ0) is 14.6. The lowest BCUT2D eigenvalue weighted by atomic mass is 10.0. The highest BCUT2D eigenvalue weighted by atomic mass is 79.9. The van der Waals surface area contributed by atoms with E-state index in [-0.39, 0.29) is 11.5 Å². The number of hydrogen-bond donors (Lipinski definition) is 3. The lowest BCUT2D eigenvalue weighted by molar-refractivity contribution is -0.139. The number of carboxylic acids is 1. The van der Waals surface area contributed by atoms with E-state index in [9.17, 15) is 9.59 Å². The summed E-state index contributed by atoms with van der Waals surface area (Å²) in [6.45, 7) is 3.80. The minimum Gasteiger partial charge on any atom is -0.480 e. The Morgan fingerprint density at radius 1 is 1.42 bits per heavy atom. The number of nitrogens with one attached hydrogen (secondary N) is 1. The first-order chi connectivity index (χ1) is 8.81. The third kappa shape index (κ3) is 4.55. The van der Waals surface area contributed by atoms with Gasteiger partial charge in [-0.3, -0.25) is 4.79 Å². The van der Waals surface area contributed by atoms with Crippen molar-refractivity contribution in [2.45, 2.75) is 26.3 Å². The van der Waals surface area contributed by atoms with Crippen LogP contribution in [0.4, 0.5) is 5.69 Å². The van der Waals surface area contributed by atoms with Crippen molar-refractivity contribution >= 4 is 33.5 Å². The van der Waals surface area contributed by atoms with E-state index in [0.29, 0.717) is 12.1 Å². The summed E-state index contributed by atoms with van der Waals surface area (Å²) in [5, 5.41) is 11.6. The Hall–Kier alpha value is -1.56. The van der Waals surface area contributed by atoms with Crippen LogP contribution in [0.5, 0.6) is 0 Å². The van der Waals surface area contributed by atoms with Crippen LogP contribution in [-0.2, 0) is 4.79 Å². The minimum absolute atomic E-state index is 0.170. The number of carboxylic acid groups (broad SMARTS) is 1. The molecule has 0 aromatic heterocycles. The van der Waals surface area contributed by atoms with Gasteiger partial charge in [0.15, 0.2) is 0 Å². The fourth-order valence-electron chi connectivity index (χ4n) is 1.67. The summed E-state index contributed by atoms with van der Waals surface area (Å²) < 4.78 is 0.763. The molecule has 0 heterocycles. The molecule has 1 aromatic carbocycles. The molecule has 6 heteroatoms. The van der Waals surface area contributed by atoms with Gasteiger partial charge in [0, 0.05) is 10.2 Å². The van der Waals surface area contributed by atoms with Crippen LogP contribution in [0.2, 0.25) is 0 Å². The average molecular weight is 329 g/mol. The maximum absolute atomic E-state index is 12.0. The van der Waals surface area contributed by atoms with Crippen LogP contribution in [0.25, 0.3) is 0 Å². The zero-order valence-electron chi connectivity index (χ0n) is 10.8. The largest absolute Gasteiger partial charge is 0.480 e. The fraction of sp³-hybridized carbons (Fsp3) is 0.385. The number of amides is 1. The Balaban J connectivity index is 2.84. The average Bonchev–Trinajstić information content (AvgIpc) is 2.26. The highest BCUT2D eigenvalue weighted by molar-refractivity contribution is 9.10. The standard InChI is InChI=1S/C13H17BrN2O3/c1-7(2)5-11(13(18)19)16-12(17)9-4-3-8(14)6-10(9)15/h3-4,6-7,11H,5,15H2,1-2H3,(H,16,17)(H,18,19). The van der Waals surface area contributed by atoms with Gasteiger partial charge in [-0.2, -0.15) is 0 Å². The van der Waals surface area contributed by atoms with Gasteiger partial charge in [0.25, 0.3) is 5.91 Å². The first-order valence-electron chi connectivity index (χ1n) is 5.90. The molecular formula is C13H17BrN2O3. The van der Waals surface area contributed by atoms with Crippen molar-refractivity contribution in [3.05, 3.63) is 28.2 Å². The molecule has 0 aliphatic rings. The summed E-state index contributed by atoms with van der Waals surface area (Å²) in [6, 6.07) is 3.94. The lowest BCUT2D eigenvalue weighted by Gasteiger charge is -2.17. The predicted molar refractivity (Wildman–Crippen MR) is 76.9 cm³/mol. The number of hydrogen-bond acceptors (Lipinski definition) is 3. The quantitative estimate of drug-likeness (QED) is 0.723. The Kier molecular flexibility index (Phi) is 5.35. The van der Waals surface area contributed by atoms with E-state index < -0.39 is 17.9 Å². The molecule has 1 aromatic rings. The lowest BCUT2D eigenvalue weighted by Crippen LogP contribution is -2.41. The number of rotatable bonds is 5. The summed E-state index contributed by atoms with van der Waals surface area (Å²) >= 11 is 3.25. The molecule has 0 radical (unpaired) electrons. The molecule has 104 valence electrons. The van der Waals surface area contributed by atoms with Crippen LogP contribution in [0.1, 0.15) is 30.6 Å². The van der Waals surface area contributed by atoms with Crippen LogP contribution in [-0.4, -0.2) is 23.0 Å². The number of benzene rings is 1. The second-order valence-corrected chi connectivity index (χ2v) is 5.64. The van der Waals surface area contributed by atoms with Crippen LogP contribution in [0.3, 0.4) is 0 Å². The smallest absolute Gasteiger partial charge is 0.326 e. The first-order valence-corrected chi connectivity index (χ1v) is 6.69. The van der Waals surface area contributed by atoms with Gasteiger partial charge in [-0.05, 0) is 30.5 Å². The number of halogens is 1. The van der Waals surface area contributed by atoms with E-state index >= 15 is 0 Å². The van der Waals surface area contributed by atoms with Crippen LogP contribution in [0, 0.1) is 5.92 Å². The van der Waals surface area contributed by atoms with Crippen molar-refractivity contribution in [2.75, 3.05) is 5.73 Å². The molecule has 0 bridgehead atoms. The molecule has 1 amide bonds. The molecular weight excluding hydrogens is 312 g/mol. The Bertz CT molecular complexity index is 489. The number of carbonyl (C=O) groups is 2. The molecule has 0 fully saturated rings. The number of aliphatic carboxylic acids is 1. The molecule has 4 N–H and O–H groups in total. The van der Waals surface area contributed by atoms with Gasteiger partial charge in [-0.1, -0.05) is 29.8 Å². The van der Waals surface area contributed by atoms with E-state index in [4.69, 9.17) is 10.8 Å². The zero-order valence-corrected chi connectivity index (χ0v) is 12.4. The van der Waals surface area contributed by atoms with Gasteiger partial charge in [0.2, 0.25) is 0 Å². The number of nitrogen functional groups attached to an aromatic ring is 1. The van der Waals surface area contributed by atoms with Gasteiger partial charge in [0.05, 0.1) is 5.56 Å². The summed E-state index contributed by atoms with van der Waals surface area (Å²) in [6.07, 6.45) is 0.373. The van der Waals surface area contributed by atoms with E-state index in [1.54, 1.807) is 18.2 Å². The monoisotopic (exact) mass is 328 g/mol. The molecule has 0 saturated heterocycles. The number of nitrogens with two attached hydrogens (primary N) is 1. The SMILES string of the molecule is CC(C)CC(NC(=O)c1ccc(Br)cc1N)C(=O)O. The van der Waals surface area contributed by atoms with Gasteiger partial charge in [-0.25, -0.2) is 4.79 Å². The maximum atomic E-state index is 12.0. The Morgan fingerprint density at radius 3 is 2.53 bits per heavy atom. The molecule has 19 heavy (non-hydrogen) atoms. The van der Waals surface area contributed by atoms with E-state index in [0.717, 1.165) is 4.47 Å². The fourth-order valence-corrected chi connectivity index (χ4v) is 2.05. The predicted octanol–water partition coefficient (Wildman–Crippen LogP) is 2.26. The molecule has 0 aliphatic carbocycles. The number of anilines is 1. The normalized spacial score (nSPS) is 12.2. The molecule has 0 saturated carbocycles. The maximum Gasteiger partial charge on any atom is 0.326 e. The first kappa shape index (κ1) is 15.5. The highest BCUT2D eigenvalue weighted by Gasteiger charge is 2.22. The van der Waals surface area contributed by atoms with E-state index in [2.05, 4.69) is 21.2 Å². The summed E-state index contributed by atoms with van der Waals surface area (Å²) in [4.78, 5) is 23.1. The van der Waals surface area contributed by atoms with E-state index in [1.807, 2.05) is 13.8 Å². The molecule has 1 unspecified atom stereocenters. The van der Waals surface area contributed by atoms with Crippen LogP contribution >= 0.6 is 15.9 Å². The molecule has 1 rings (SSSR count). The van der Waals surface area contributed by atoms with Crippen molar-refractivity contribution in [1.82, 2.24) is 5.32 Å². The summed E-state index contributed by atoms with van der Waals surface area (Å²) in [5.41, 5.74) is 6.32. The van der Waals surface area contributed by atoms with Crippen molar-refractivity contribution in [3.8, 4) is 0 Å². The van der Waals surface area contributed by atoms with Crippen molar-refractivity contribution in [3.63, 3.8) is 0 Å². The molecule has 0 aliphatic heterocycles. The minimum atomic E-state index is -1.04. The highest BCUT2D eigenvalue weighted by Crippen LogP contribution is 2.18. The number of carbonyl (C=O) groups excluding carboxylic acids is 1. The third-order valence-electron chi connectivity index (χ3n) is 2.57. The summed E-state index contributed by atoms with van der Waals surface area (Å²) in [7, 11) is 0. The second kappa shape index (κ2) is 6.56. The van der Waals surface area contributed by atoms with Crippen molar-refractivity contribution in [1.29, 1.82) is 0 Å². The molecule has 0 spiro atoms. The van der Waals surface area contributed by atoms with Gasteiger partial charge in [0.1, 0.15) is 6.04 Å². The van der Waals surface area contributed by atoms with E-state index in [1.165, 1.54) is 0 Å². The van der Waals surface area contributed by atoms with Gasteiger partial charge >= 0.3 is 5.97 Å². The van der Waals surface area contributed by atoms with Gasteiger partial charge in [-0.15, -0.1) is 0 Å².